The molecule has 1 fully saturated rings. The quantitative estimate of drug-likeness (QED) is 0.789. The van der Waals surface area contributed by atoms with Crippen molar-refractivity contribution >= 4 is 31.9 Å². The number of sulfonamides is 1. The molecule has 7 heteroatoms. The molecule has 22 heavy (non-hydrogen) atoms. The van der Waals surface area contributed by atoms with E-state index in [1.165, 1.54) is 4.31 Å². The number of piperidine rings is 1. The Morgan fingerprint density at radius 1 is 1.36 bits per heavy atom. The van der Waals surface area contributed by atoms with Crippen LogP contribution in [0.3, 0.4) is 0 Å². The summed E-state index contributed by atoms with van der Waals surface area (Å²) in [6, 6.07) is 5.81. The van der Waals surface area contributed by atoms with Gasteiger partial charge in [0.25, 0.3) is 0 Å². The highest BCUT2D eigenvalue weighted by Crippen LogP contribution is 2.26. The van der Waals surface area contributed by atoms with Crippen LogP contribution in [-0.2, 0) is 14.8 Å². The molecule has 1 amide bonds. The number of carbonyl (C=O) groups is 1. The van der Waals surface area contributed by atoms with Gasteiger partial charge in [-0.1, -0.05) is 28.4 Å². The Hall–Kier alpha value is -1.18. The van der Waals surface area contributed by atoms with E-state index in [1.54, 1.807) is 30.3 Å². The van der Waals surface area contributed by atoms with E-state index in [9.17, 15) is 13.2 Å². The summed E-state index contributed by atoms with van der Waals surface area (Å²) in [5.41, 5.74) is 0. The Bertz CT molecular complexity index is 643. The van der Waals surface area contributed by atoms with E-state index in [0.717, 1.165) is 17.3 Å². The maximum absolute atomic E-state index is 12.8. The van der Waals surface area contributed by atoms with Crippen molar-refractivity contribution in [3.8, 4) is 0 Å². The van der Waals surface area contributed by atoms with Crippen molar-refractivity contribution in [2.45, 2.75) is 30.2 Å². The third-order valence-corrected chi connectivity index (χ3v) is 6.05. The van der Waals surface area contributed by atoms with Crippen molar-refractivity contribution in [3.05, 3.63) is 41.4 Å². The molecule has 1 aliphatic rings. The third-order valence-electron chi connectivity index (χ3n) is 3.60. The fraction of sp³-hybridized carbons (Fsp3) is 0.400. The molecule has 1 N–H and O–H groups in total. The monoisotopic (exact) mass is 386 g/mol. The van der Waals surface area contributed by atoms with Gasteiger partial charge in [0.15, 0.2) is 0 Å². The van der Waals surface area contributed by atoms with Gasteiger partial charge in [-0.25, -0.2) is 8.42 Å². The fourth-order valence-electron chi connectivity index (χ4n) is 2.49. The Labute approximate surface area is 139 Å². The van der Waals surface area contributed by atoms with Crippen molar-refractivity contribution in [1.29, 1.82) is 0 Å². The predicted molar refractivity (Wildman–Crippen MR) is 88.9 cm³/mol. The molecule has 0 bridgehead atoms. The van der Waals surface area contributed by atoms with Crippen LogP contribution in [0.25, 0.3) is 0 Å². The van der Waals surface area contributed by atoms with Crippen LogP contribution in [0.15, 0.2) is 46.3 Å². The fourth-order valence-corrected chi connectivity index (χ4v) is 4.41. The Morgan fingerprint density at radius 3 is 2.68 bits per heavy atom. The van der Waals surface area contributed by atoms with E-state index in [2.05, 4.69) is 27.8 Å². The number of amides is 1. The van der Waals surface area contributed by atoms with Gasteiger partial charge in [-0.15, -0.1) is 6.58 Å². The predicted octanol–water partition coefficient (Wildman–Crippen LogP) is 2.29. The Kier molecular flexibility index (Phi) is 5.77. The molecular weight excluding hydrogens is 368 g/mol. The zero-order chi connectivity index (χ0) is 16.2. The van der Waals surface area contributed by atoms with Crippen molar-refractivity contribution in [3.63, 3.8) is 0 Å². The standard InChI is InChI=1S/C15H19BrN2O3S/c1-2-10-17-15(19)14-5-3-4-11-18(14)22(20,21)13-8-6-12(16)7-9-13/h2,6-9,14H,1,3-5,10-11H2,(H,17,19). The molecule has 2 rings (SSSR count). The Morgan fingerprint density at radius 2 is 2.05 bits per heavy atom. The molecule has 0 aliphatic carbocycles. The first-order valence-corrected chi connectivity index (χ1v) is 9.36. The van der Waals surface area contributed by atoms with Crippen molar-refractivity contribution in [2.24, 2.45) is 0 Å². The minimum absolute atomic E-state index is 0.208. The zero-order valence-corrected chi connectivity index (χ0v) is 14.6. The molecule has 1 aromatic rings. The molecular formula is C15H19BrN2O3S. The number of halogens is 1. The topological polar surface area (TPSA) is 66.5 Å². The van der Waals surface area contributed by atoms with E-state index >= 15 is 0 Å². The summed E-state index contributed by atoms with van der Waals surface area (Å²) in [4.78, 5) is 12.4. The SMILES string of the molecule is C=CCNC(=O)C1CCCCN1S(=O)(=O)c1ccc(Br)cc1. The average Bonchev–Trinajstić information content (AvgIpc) is 2.53. The van der Waals surface area contributed by atoms with Gasteiger partial charge in [-0.3, -0.25) is 4.79 Å². The maximum Gasteiger partial charge on any atom is 0.243 e. The van der Waals surface area contributed by atoms with E-state index in [-0.39, 0.29) is 10.8 Å². The highest BCUT2D eigenvalue weighted by Gasteiger charge is 2.37. The van der Waals surface area contributed by atoms with Gasteiger partial charge < -0.3 is 5.32 Å². The van der Waals surface area contributed by atoms with Gasteiger partial charge in [0, 0.05) is 17.6 Å². The molecule has 5 nitrogen and oxygen atoms in total. The number of hydrogen-bond acceptors (Lipinski definition) is 3. The largest absolute Gasteiger partial charge is 0.351 e. The lowest BCUT2D eigenvalue weighted by molar-refractivity contribution is -0.125. The van der Waals surface area contributed by atoms with Crippen LogP contribution in [0.2, 0.25) is 0 Å². The summed E-state index contributed by atoms with van der Waals surface area (Å²) in [5.74, 6) is -0.264. The van der Waals surface area contributed by atoms with Gasteiger partial charge >= 0.3 is 0 Å². The number of rotatable bonds is 5. The molecule has 0 radical (unpaired) electrons. The minimum Gasteiger partial charge on any atom is -0.351 e. The second kappa shape index (κ2) is 7.39. The van der Waals surface area contributed by atoms with E-state index in [4.69, 9.17) is 0 Å². The molecule has 1 saturated heterocycles. The minimum atomic E-state index is -3.67. The molecule has 120 valence electrons. The maximum atomic E-state index is 12.8. The van der Waals surface area contributed by atoms with Gasteiger partial charge in [0.05, 0.1) is 4.90 Å². The number of benzene rings is 1. The van der Waals surface area contributed by atoms with Gasteiger partial charge in [0.1, 0.15) is 6.04 Å². The molecule has 1 heterocycles. The first-order chi connectivity index (χ1) is 10.5. The summed E-state index contributed by atoms with van der Waals surface area (Å²) in [5, 5.41) is 2.69. The summed E-state index contributed by atoms with van der Waals surface area (Å²) in [6.07, 6.45) is 3.73. The molecule has 1 unspecified atom stereocenters. The third kappa shape index (κ3) is 3.77. The van der Waals surface area contributed by atoms with Crippen molar-refractivity contribution < 1.29 is 13.2 Å². The molecule has 1 aromatic carbocycles. The van der Waals surface area contributed by atoms with Crippen LogP contribution < -0.4 is 5.32 Å². The van der Waals surface area contributed by atoms with Crippen LogP contribution in [0.4, 0.5) is 0 Å². The zero-order valence-electron chi connectivity index (χ0n) is 12.2. The van der Waals surface area contributed by atoms with Gasteiger partial charge in [-0.05, 0) is 37.1 Å². The second-order valence-corrected chi connectivity index (χ2v) is 7.92. The van der Waals surface area contributed by atoms with Crippen LogP contribution in [-0.4, -0.2) is 37.8 Å². The molecule has 0 aromatic heterocycles. The normalized spacial score (nSPS) is 19.6. The van der Waals surface area contributed by atoms with Crippen molar-refractivity contribution in [2.75, 3.05) is 13.1 Å². The lowest BCUT2D eigenvalue weighted by Crippen LogP contribution is -2.51. The van der Waals surface area contributed by atoms with Crippen molar-refractivity contribution in [1.82, 2.24) is 9.62 Å². The van der Waals surface area contributed by atoms with E-state index in [0.29, 0.717) is 19.5 Å². The van der Waals surface area contributed by atoms with E-state index < -0.39 is 16.1 Å². The van der Waals surface area contributed by atoms with E-state index in [1.807, 2.05) is 0 Å². The smallest absolute Gasteiger partial charge is 0.243 e. The summed E-state index contributed by atoms with van der Waals surface area (Å²) in [6.45, 7) is 4.25. The summed E-state index contributed by atoms with van der Waals surface area (Å²) in [7, 11) is -3.67. The summed E-state index contributed by atoms with van der Waals surface area (Å²) >= 11 is 3.29. The van der Waals surface area contributed by atoms with Gasteiger partial charge in [0.2, 0.25) is 15.9 Å². The average molecular weight is 387 g/mol. The first-order valence-electron chi connectivity index (χ1n) is 7.13. The van der Waals surface area contributed by atoms with Crippen LogP contribution >= 0.6 is 15.9 Å². The molecule has 0 saturated carbocycles. The summed E-state index contributed by atoms with van der Waals surface area (Å²) < 4.78 is 27.7. The Balaban J connectivity index is 2.27. The molecule has 1 atom stereocenters. The van der Waals surface area contributed by atoms with Crippen LogP contribution in [0, 0.1) is 0 Å². The number of hydrogen-bond donors (Lipinski definition) is 1. The number of carbonyl (C=O) groups excluding carboxylic acids is 1. The molecule has 1 aliphatic heterocycles. The lowest BCUT2D eigenvalue weighted by atomic mass is 10.0. The second-order valence-electron chi connectivity index (χ2n) is 5.12. The molecule has 0 spiro atoms. The first kappa shape index (κ1) is 17.2. The van der Waals surface area contributed by atoms with Gasteiger partial charge in [-0.2, -0.15) is 4.31 Å². The highest BCUT2D eigenvalue weighted by atomic mass is 79.9. The lowest BCUT2D eigenvalue weighted by Gasteiger charge is -2.33. The van der Waals surface area contributed by atoms with Crippen LogP contribution in [0.1, 0.15) is 19.3 Å². The highest BCUT2D eigenvalue weighted by molar-refractivity contribution is 9.10. The number of nitrogens with zero attached hydrogens (tertiary/aromatic N) is 1. The van der Waals surface area contributed by atoms with Crippen LogP contribution in [0.5, 0.6) is 0 Å². The number of nitrogens with one attached hydrogen (secondary N) is 1.